The predicted molar refractivity (Wildman–Crippen MR) is 143 cm³/mol. The van der Waals surface area contributed by atoms with E-state index in [0.717, 1.165) is 76.0 Å². The fraction of sp³-hybridized carbons (Fsp3) is 0.517. The molecule has 2 amide bonds. The topological polar surface area (TPSA) is 61.9 Å². The lowest BCUT2D eigenvalue weighted by Crippen LogP contribution is -2.45. The summed E-state index contributed by atoms with van der Waals surface area (Å²) in [7, 11) is 1.67. The molecule has 2 aromatic carbocycles. The summed E-state index contributed by atoms with van der Waals surface area (Å²) in [5.74, 6) is 1.58. The number of ether oxygens (including phenoxy) is 1. The van der Waals surface area contributed by atoms with Gasteiger partial charge in [-0.25, -0.2) is 0 Å². The molecule has 36 heavy (non-hydrogen) atoms. The monoisotopic (exact) mass is 511 g/mol. The largest absolute Gasteiger partial charge is 0.497 e. The van der Waals surface area contributed by atoms with Crippen molar-refractivity contribution in [2.45, 2.75) is 51.1 Å². The second kappa shape index (κ2) is 11.7. The number of nitrogens with one attached hydrogen (secondary N) is 1. The lowest BCUT2D eigenvalue weighted by molar-refractivity contribution is -0.139. The van der Waals surface area contributed by atoms with E-state index < -0.39 is 0 Å². The number of piperidine rings is 1. The average Bonchev–Trinajstić information content (AvgIpc) is 3.72. The maximum absolute atomic E-state index is 13.4. The number of rotatable bonds is 9. The highest BCUT2D eigenvalue weighted by molar-refractivity contribution is 5.85. The molecule has 1 unspecified atom stereocenters. The Balaban J connectivity index is 0.00000304. The van der Waals surface area contributed by atoms with Gasteiger partial charge in [0.05, 0.1) is 18.6 Å². The van der Waals surface area contributed by atoms with Crippen LogP contribution in [-0.4, -0.2) is 54.9 Å². The molecule has 0 aromatic heterocycles. The normalized spacial score (nSPS) is 20.1. The molecule has 1 aliphatic carbocycles. The number of likely N-dealkylation sites (tertiary alicyclic amines) is 2. The van der Waals surface area contributed by atoms with Crippen LogP contribution in [-0.2, 0) is 16.1 Å². The van der Waals surface area contributed by atoms with Gasteiger partial charge in [-0.15, -0.1) is 12.4 Å². The van der Waals surface area contributed by atoms with Gasteiger partial charge in [0.25, 0.3) is 0 Å². The van der Waals surface area contributed by atoms with Crippen LogP contribution in [0.4, 0.5) is 0 Å². The first kappa shape index (κ1) is 26.5. The molecule has 2 aliphatic heterocycles. The van der Waals surface area contributed by atoms with E-state index in [4.69, 9.17) is 4.74 Å². The highest BCUT2D eigenvalue weighted by atomic mass is 35.5. The molecule has 7 heteroatoms. The Morgan fingerprint density at radius 2 is 1.69 bits per heavy atom. The molecule has 3 aliphatic rings. The molecule has 1 spiro atoms. The predicted octanol–water partition coefficient (Wildman–Crippen LogP) is 4.59. The van der Waals surface area contributed by atoms with Crippen LogP contribution in [0, 0.1) is 11.3 Å². The van der Waals surface area contributed by atoms with Crippen LogP contribution >= 0.6 is 12.4 Å². The van der Waals surface area contributed by atoms with Crippen LogP contribution in [0.5, 0.6) is 5.75 Å². The zero-order valence-electron chi connectivity index (χ0n) is 21.2. The highest BCUT2D eigenvalue weighted by Crippen LogP contribution is 2.42. The third-order valence-corrected chi connectivity index (χ3v) is 8.15. The second-order valence-electron chi connectivity index (χ2n) is 10.5. The van der Waals surface area contributed by atoms with E-state index in [1.165, 1.54) is 5.56 Å². The maximum Gasteiger partial charge on any atom is 0.229 e. The van der Waals surface area contributed by atoms with Gasteiger partial charge in [0.15, 0.2) is 0 Å². The first-order valence-corrected chi connectivity index (χ1v) is 13.1. The van der Waals surface area contributed by atoms with Gasteiger partial charge in [-0.05, 0) is 74.9 Å². The second-order valence-corrected chi connectivity index (χ2v) is 10.5. The van der Waals surface area contributed by atoms with Gasteiger partial charge in [-0.2, -0.15) is 0 Å². The van der Waals surface area contributed by atoms with Gasteiger partial charge in [0.2, 0.25) is 11.8 Å². The van der Waals surface area contributed by atoms with Crippen molar-refractivity contribution in [3.63, 3.8) is 0 Å². The highest BCUT2D eigenvalue weighted by Gasteiger charge is 2.47. The summed E-state index contributed by atoms with van der Waals surface area (Å²) < 4.78 is 5.25. The quantitative estimate of drug-likeness (QED) is 0.535. The van der Waals surface area contributed by atoms with Gasteiger partial charge in [-0.1, -0.05) is 42.5 Å². The summed E-state index contributed by atoms with van der Waals surface area (Å²) in [5, 5.41) is 3.29. The molecule has 2 heterocycles. The van der Waals surface area contributed by atoms with Crippen LogP contribution in [0.15, 0.2) is 54.6 Å². The summed E-state index contributed by atoms with van der Waals surface area (Å²) in [6.45, 7) is 4.34. The van der Waals surface area contributed by atoms with Crippen molar-refractivity contribution in [2.24, 2.45) is 11.3 Å². The van der Waals surface area contributed by atoms with Crippen LogP contribution in [0.1, 0.15) is 55.7 Å². The summed E-state index contributed by atoms with van der Waals surface area (Å²) in [5.41, 5.74) is 2.13. The zero-order valence-corrected chi connectivity index (χ0v) is 22.0. The molecule has 0 bridgehead atoms. The average molecular weight is 512 g/mol. The van der Waals surface area contributed by atoms with E-state index in [0.29, 0.717) is 12.5 Å². The molecule has 194 valence electrons. The lowest BCUT2D eigenvalue weighted by Gasteiger charge is -2.38. The first-order chi connectivity index (χ1) is 17.1. The molecule has 5 rings (SSSR count). The SMILES string of the molecule is COc1ccc(CN2CCC3(CCN(CCC(NC(=O)C4CC4)c4ccccc4)CC3)C2=O)cc1.Cl. The fourth-order valence-corrected chi connectivity index (χ4v) is 5.62. The van der Waals surface area contributed by atoms with E-state index >= 15 is 0 Å². The lowest BCUT2D eigenvalue weighted by atomic mass is 9.77. The summed E-state index contributed by atoms with van der Waals surface area (Å²) in [6, 6.07) is 18.4. The minimum atomic E-state index is -0.192. The minimum absolute atomic E-state index is 0. The molecule has 3 fully saturated rings. The number of carbonyl (C=O) groups excluding carboxylic acids is 2. The van der Waals surface area contributed by atoms with Crippen LogP contribution < -0.4 is 10.1 Å². The molecule has 1 atom stereocenters. The summed E-state index contributed by atoms with van der Waals surface area (Å²) in [4.78, 5) is 30.4. The number of amides is 2. The van der Waals surface area contributed by atoms with Gasteiger partial charge >= 0.3 is 0 Å². The number of carbonyl (C=O) groups is 2. The number of methoxy groups -OCH3 is 1. The van der Waals surface area contributed by atoms with Crippen molar-refractivity contribution in [3.8, 4) is 5.75 Å². The molecular formula is C29H38ClN3O3. The van der Waals surface area contributed by atoms with Crippen LogP contribution in [0.2, 0.25) is 0 Å². The first-order valence-electron chi connectivity index (χ1n) is 13.1. The minimum Gasteiger partial charge on any atom is -0.497 e. The van der Waals surface area contributed by atoms with Crippen LogP contribution in [0.3, 0.4) is 0 Å². The Morgan fingerprint density at radius 3 is 2.33 bits per heavy atom. The van der Waals surface area contributed by atoms with Crippen molar-refractivity contribution in [2.75, 3.05) is 33.3 Å². The van der Waals surface area contributed by atoms with Crippen molar-refractivity contribution >= 4 is 24.2 Å². The van der Waals surface area contributed by atoms with E-state index in [1.807, 2.05) is 47.4 Å². The zero-order chi connectivity index (χ0) is 24.3. The third-order valence-electron chi connectivity index (χ3n) is 8.15. The fourth-order valence-electron chi connectivity index (χ4n) is 5.62. The number of hydrogen-bond acceptors (Lipinski definition) is 4. The van der Waals surface area contributed by atoms with E-state index in [9.17, 15) is 9.59 Å². The van der Waals surface area contributed by atoms with E-state index in [1.54, 1.807) is 7.11 Å². The van der Waals surface area contributed by atoms with E-state index in [-0.39, 0.29) is 35.7 Å². The number of hydrogen-bond donors (Lipinski definition) is 1. The number of nitrogens with zero attached hydrogens (tertiary/aromatic N) is 2. The van der Waals surface area contributed by atoms with Gasteiger partial charge in [0.1, 0.15) is 5.75 Å². The Morgan fingerprint density at radius 1 is 1.03 bits per heavy atom. The molecule has 1 N–H and O–H groups in total. The molecule has 0 radical (unpaired) electrons. The van der Waals surface area contributed by atoms with Gasteiger partial charge < -0.3 is 19.9 Å². The number of benzene rings is 2. The molecule has 6 nitrogen and oxygen atoms in total. The Hall–Kier alpha value is -2.57. The Labute approximate surface area is 220 Å². The summed E-state index contributed by atoms with van der Waals surface area (Å²) >= 11 is 0. The van der Waals surface area contributed by atoms with Crippen molar-refractivity contribution in [3.05, 3.63) is 65.7 Å². The molecular weight excluding hydrogens is 474 g/mol. The van der Waals surface area contributed by atoms with E-state index in [2.05, 4.69) is 22.3 Å². The number of halogens is 1. The Bertz CT molecular complexity index is 1020. The van der Waals surface area contributed by atoms with Crippen molar-refractivity contribution in [1.29, 1.82) is 0 Å². The van der Waals surface area contributed by atoms with Crippen LogP contribution in [0.25, 0.3) is 0 Å². The van der Waals surface area contributed by atoms with Gasteiger partial charge in [-0.3, -0.25) is 9.59 Å². The standard InChI is InChI=1S/C29H37N3O3.ClH/c1-35-25-11-7-22(8-12-25)21-32-20-16-29(28(32)34)14-18-31(19-15-29)17-13-26(23-5-3-2-4-6-23)30-27(33)24-9-10-24;/h2-8,11-12,24,26H,9-10,13-21H2,1H3,(H,30,33);1H. The van der Waals surface area contributed by atoms with Crippen molar-refractivity contribution < 1.29 is 14.3 Å². The molecule has 2 aromatic rings. The summed E-state index contributed by atoms with van der Waals surface area (Å²) in [6.07, 6.45) is 5.74. The van der Waals surface area contributed by atoms with Crippen molar-refractivity contribution in [1.82, 2.24) is 15.1 Å². The molecule has 2 saturated heterocycles. The smallest absolute Gasteiger partial charge is 0.229 e. The Kier molecular flexibility index (Phi) is 8.58. The maximum atomic E-state index is 13.4. The molecule has 1 saturated carbocycles. The van der Waals surface area contributed by atoms with Gasteiger partial charge in [0, 0.05) is 25.6 Å². The third kappa shape index (κ3) is 6.04.